The van der Waals surface area contributed by atoms with E-state index in [9.17, 15) is 9.90 Å². The molecule has 1 aromatic heterocycles. The van der Waals surface area contributed by atoms with Crippen LogP contribution in [0.25, 0.3) is 0 Å². The number of carbonyl (C=O) groups excluding carboxylic acids is 1. The maximum atomic E-state index is 10.9. The van der Waals surface area contributed by atoms with Crippen LogP contribution in [-0.2, 0) is 0 Å². The highest BCUT2D eigenvalue weighted by Crippen LogP contribution is 2.23. The van der Waals surface area contributed by atoms with E-state index < -0.39 is 0 Å². The molecule has 0 radical (unpaired) electrons. The number of amides is 1. The largest absolute Gasteiger partial charge is 0.909 e. The Morgan fingerprint density at radius 3 is 3.00 bits per heavy atom. The molecule has 1 aliphatic rings. The Labute approximate surface area is 62.6 Å². The fraction of sp³-hybridized carbons (Fsp3) is 0.143. The second-order valence-electron chi connectivity index (χ2n) is 2.33. The third-order valence-electron chi connectivity index (χ3n) is 1.62. The molecule has 0 bridgehead atoms. The average Bonchev–Trinajstić information content (AvgIpc) is 2.41. The van der Waals surface area contributed by atoms with Crippen molar-refractivity contribution in [1.29, 1.82) is 0 Å². The van der Waals surface area contributed by atoms with Crippen molar-refractivity contribution in [3.63, 3.8) is 0 Å². The Bertz CT molecular complexity index is 363. The van der Waals surface area contributed by atoms with E-state index in [1.165, 1.54) is 0 Å². The molecular formula is C7H4N2O2-2. The first-order valence-electron chi connectivity index (χ1n) is 3.11. The lowest BCUT2D eigenvalue weighted by molar-refractivity contribution is -0.274. The molecule has 0 saturated carbocycles. The van der Waals surface area contributed by atoms with E-state index in [0.717, 1.165) is 0 Å². The minimum Gasteiger partial charge on any atom is -0.909 e. The predicted molar refractivity (Wildman–Crippen MR) is 35.6 cm³/mol. The smallest absolute Gasteiger partial charge is 0.190 e. The molecule has 0 unspecified atom stereocenters. The molecule has 4 nitrogen and oxygen atoms in total. The quantitative estimate of drug-likeness (QED) is 0.520. The first-order valence-corrected chi connectivity index (χ1v) is 3.11. The standard InChI is InChI=1S/C7H5N2O2/c1-3-5-4(6(10)9-3)2-8-7(5)11/h8,11H,1H3/q-1/p-1. The van der Waals surface area contributed by atoms with Crippen LogP contribution in [0.1, 0.15) is 22.8 Å². The van der Waals surface area contributed by atoms with Gasteiger partial charge in [-0.05, 0) is 12.6 Å². The molecule has 0 spiro atoms. The van der Waals surface area contributed by atoms with E-state index >= 15 is 0 Å². The van der Waals surface area contributed by atoms with Crippen LogP contribution >= 0.6 is 0 Å². The van der Waals surface area contributed by atoms with Crippen LogP contribution in [0.15, 0.2) is 4.99 Å². The van der Waals surface area contributed by atoms with E-state index in [-0.39, 0.29) is 17.4 Å². The molecule has 0 saturated heterocycles. The maximum Gasteiger partial charge on any atom is 0.190 e. The summed E-state index contributed by atoms with van der Waals surface area (Å²) in [6, 6.07) is 0. The highest BCUT2D eigenvalue weighted by atomic mass is 16.3. The van der Waals surface area contributed by atoms with Crippen LogP contribution in [0.2, 0.25) is 0 Å². The SMILES string of the molecule is CC1=NC(=O)c2[c-][nH]c([O-])c21. The third kappa shape index (κ3) is 0.633. The number of H-pyrrole nitrogens is 1. The molecule has 1 N–H and O–H groups in total. The average molecular weight is 148 g/mol. The number of aromatic amines is 1. The van der Waals surface area contributed by atoms with Crippen LogP contribution in [-0.4, -0.2) is 16.6 Å². The third-order valence-corrected chi connectivity index (χ3v) is 1.62. The van der Waals surface area contributed by atoms with Crippen molar-refractivity contribution < 1.29 is 9.90 Å². The van der Waals surface area contributed by atoms with Gasteiger partial charge < -0.3 is 14.9 Å². The summed E-state index contributed by atoms with van der Waals surface area (Å²) in [6.07, 6.45) is 2.46. The first-order chi connectivity index (χ1) is 5.20. The summed E-state index contributed by atoms with van der Waals surface area (Å²) in [5, 5.41) is 10.9. The van der Waals surface area contributed by atoms with Crippen LogP contribution in [0, 0.1) is 6.20 Å². The first kappa shape index (κ1) is 6.15. The van der Waals surface area contributed by atoms with Crippen molar-refractivity contribution >= 4 is 11.6 Å². The Morgan fingerprint density at radius 1 is 1.64 bits per heavy atom. The minimum absolute atomic E-state index is 0.271. The lowest BCUT2D eigenvalue weighted by Gasteiger charge is -2.12. The summed E-state index contributed by atoms with van der Waals surface area (Å²) < 4.78 is 0. The van der Waals surface area contributed by atoms with Gasteiger partial charge in [-0.2, -0.15) is 5.88 Å². The van der Waals surface area contributed by atoms with E-state index in [1.807, 2.05) is 0 Å². The van der Waals surface area contributed by atoms with E-state index in [2.05, 4.69) is 16.2 Å². The second-order valence-corrected chi connectivity index (χ2v) is 2.33. The molecule has 0 aromatic carbocycles. The van der Waals surface area contributed by atoms with Gasteiger partial charge in [0.1, 0.15) is 0 Å². The van der Waals surface area contributed by atoms with Gasteiger partial charge in [0.25, 0.3) is 0 Å². The summed E-state index contributed by atoms with van der Waals surface area (Å²) >= 11 is 0. The lowest BCUT2D eigenvalue weighted by atomic mass is 10.2. The number of hydrogen-bond donors (Lipinski definition) is 1. The molecule has 2 heterocycles. The van der Waals surface area contributed by atoms with Gasteiger partial charge in [0.15, 0.2) is 5.91 Å². The summed E-state index contributed by atoms with van der Waals surface area (Å²) in [7, 11) is 0. The Balaban J connectivity index is 2.75. The maximum absolute atomic E-state index is 10.9. The van der Waals surface area contributed by atoms with Gasteiger partial charge in [0, 0.05) is 0 Å². The zero-order valence-corrected chi connectivity index (χ0v) is 5.76. The number of rotatable bonds is 0. The molecular weight excluding hydrogens is 144 g/mol. The second kappa shape index (κ2) is 1.72. The Hall–Kier alpha value is -1.58. The Morgan fingerprint density at radius 2 is 2.36 bits per heavy atom. The topological polar surface area (TPSA) is 68.3 Å². The van der Waals surface area contributed by atoms with E-state index in [1.54, 1.807) is 6.92 Å². The van der Waals surface area contributed by atoms with Crippen molar-refractivity contribution in [3.8, 4) is 5.88 Å². The Kier molecular flexibility index (Phi) is 0.961. The molecule has 0 atom stereocenters. The fourth-order valence-electron chi connectivity index (χ4n) is 1.13. The molecule has 1 amide bonds. The highest BCUT2D eigenvalue weighted by molar-refractivity contribution is 6.21. The minimum atomic E-state index is -0.379. The van der Waals surface area contributed by atoms with Gasteiger partial charge in [0.2, 0.25) is 0 Å². The zero-order chi connectivity index (χ0) is 8.01. The number of carbonyl (C=O) groups is 1. The van der Waals surface area contributed by atoms with Crippen molar-refractivity contribution in [2.24, 2.45) is 4.99 Å². The number of aliphatic imine (C=N–C) groups is 1. The van der Waals surface area contributed by atoms with Crippen LogP contribution < -0.4 is 5.11 Å². The molecule has 11 heavy (non-hydrogen) atoms. The van der Waals surface area contributed by atoms with E-state index in [0.29, 0.717) is 11.3 Å². The monoisotopic (exact) mass is 148 g/mol. The number of aromatic nitrogens is 1. The van der Waals surface area contributed by atoms with Gasteiger partial charge in [-0.25, -0.2) is 0 Å². The predicted octanol–water partition coefficient (Wildman–Crippen LogP) is -0.149. The summed E-state index contributed by atoms with van der Waals surface area (Å²) in [5.74, 6) is -0.664. The van der Waals surface area contributed by atoms with Crippen LogP contribution in [0.4, 0.5) is 0 Å². The van der Waals surface area contributed by atoms with Crippen molar-refractivity contribution in [1.82, 2.24) is 4.98 Å². The molecule has 2 rings (SSSR count). The van der Waals surface area contributed by atoms with Crippen LogP contribution in [0.5, 0.6) is 5.88 Å². The molecule has 1 aliphatic heterocycles. The van der Waals surface area contributed by atoms with Gasteiger partial charge in [-0.15, -0.1) is 5.56 Å². The van der Waals surface area contributed by atoms with Crippen molar-refractivity contribution in [2.45, 2.75) is 6.92 Å². The molecule has 0 fully saturated rings. The number of nitrogens with one attached hydrogen (secondary N) is 1. The number of fused-ring (bicyclic) bond motifs is 1. The molecule has 56 valence electrons. The van der Waals surface area contributed by atoms with Crippen LogP contribution in [0.3, 0.4) is 0 Å². The van der Waals surface area contributed by atoms with Crippen molar-refractivity contribution in [3.05, 3.63) is 17.3 Å². The normalized spacial score (nSPS) is 15.0. The molecule has 1 aromatic rings. The summed E-state index contributed by atoms with van der Waals surface area (Å²) in [5.41, 5.74) is 1.12. The summed E-state index contributed by atoms with van der Waals surface area (Å²) in [6.45, 7) is 1.63. The summed E-state index contributed by atoms with van der Waals surface area (Å²) in [4.78, 5) is 16.8. The highest BCUT2D eigenvalue weighted by Gasteiger charge is 2.11. The lowest BCUT2D eigenvalue weighted by Crippen LogP contribution is -1.98. The van der Waals surface area contributed by atoms with Gasteiger partial charge in [-0.1, -0.05) is 11.8 Å². The van der Waals surface area contributed by atoms with Gasteiger partial charge in [-0.3, -0.25) is 4.99 Å². The molecule has 0 aliphatic carbocycles. The number of nitrogens with zero attached hydrogens (tertiary/aromatic N) is 1. The van der Waals surface area contributed by atoms with Crippen molar-refractivity contribution in [2.75, 3.05) is 0 Å². The molecule has 4 heteroatoms. The number of hydrogen-bond acceptors (Lipinski definition) is 2. The van der Waals surface area contributed by atoms with E-state index in [4.69, 9.17) is 0 Å². The fourth-order valence-corrected chi connectivity index (χ4v) is 1.13. The van der Waals surface area contributed by atoms with Gasteiger partial charge in [0.05, 0.1) is 0 Å². The zero-order valence-electron chi connectivity index (χ0n) is 5.76. The van der Waals surface area contributed by atoms with Gasteiger partial charge >= 0.3 is 0 Å².